The van der Waals surface area contributed by atoms with Crippen molar-refractivity contribution in [2.45, 2.75) is 57.0 Å². The predicted octanol–water partition coefficient (Wildman–Crippen LogP) is 3.19. The number of nitrogens with two attached hydrogens (primary N) is 1. The molecule has 20 heavy (non-hydrogen) atoms. The Hall–Kier alpha value is -0.900. The normalized spacial score (nSPS) is 19.8. The van der Waals surface area contributed by atoms with Gasteiger partial charge in [-0.1, -0.05) is 51.0 Å². The van der Waals surface area contributed by atoms with E-state index in [1.165, 1.54) is 36.8 Å². The molecule has 1 aliphatic carbocycles. The van der Waals surface area contributed by atoms with Gasteiger partial charge in [-0.3, -0.25) is 11.3 Å². The molecule has 0 amide bonds. The lowest BCUT2D eigenvalue weighted by Gasteiger charge is -2.43. The summed E-state index contributed by atoms with van der Waals surface area (Å²) in [5, 5.41) is 0. The van der Waals surface area contributed by atoms with E-state index in [2.05, 4.69) is 62.5 Å². The quantitative estimate of drug-likeness (QED) is 0.640. The maximum Gasteiger partial charge on any atom is 0.0643 e. The van der Waals surface area contributed by atoms with Gasteiger partial charge in [-0.15, -0.1) is 0 Å². The summed E-state index contributed by atoms with van der Waals surface area (Å²) in [7, 11) is 4.36. The average molecular weight is 275 g/mol. The van der Waals surface area contributed by atoms with Gasteiger partial charge >= 0.3 is 0 Å². The fourth-order valence-electron chi connectivity index (χ4n) is 3.62. The third kappa shape index (κ3) is 2.76. The molecule has 1 aliphatic rings. The maximum absolute atomic E-state index is 5.93. The molecule has 1 atom stereocenters. The number of nitrogens with zero attached hydrogens (tertiary/aromatic N) is 1. The molecular weight excluding hydrogens is 246 g/mol. The van der Waals surface area contributed by atoms with E-state index < -0.39 is 0 Å². The van der Waals surface area contributed by atoms with Crippen molar-refractivity contribution in [1.29, 1.82) is 0 Å². The van der Waals surface area contributed by atoms with Crippen molar-refractivity contribution in [1.82, 2.24) is 10.3 Å². The lowest BCUT2D eigenvalue weighted by atomic mass is 9.82. The Labute approximate surface area is 123 Å². The van der Waals surface area contributed by atoms with E-state index >= 15 is 0 Å². The molecule has 112 valence electrons. The minimum atomic E-state index is 0.147. The summed E-state index contributed by atoms with van der Waals surface area (Å²) in [5.74, 6) is 6.50. The van der Waals surface area contributed by atoms with Crippen molar-refractivity contribution in [3.8, 4) is 0 Å². The van der Waals surface area contributed by atoms with Gasteiger partial charge < -0.3 is 4.90 Å². The second-order valence-corrected chi connectivity index (χ2v) is 6.63. The summed E-state index contributed by atoms with van der Waals surface area (Å²) >= 11 is 0. The lowest BCUT2D eigenvalue weighted by Crippen LogP contribution is -2.53. The Morgan fingerprint density at radius 2 is 1.55 bits per heavy atom. The molecule has 1 saturated carbocycles. The zero-order valence-electron chi connectivity index (χ0n) is 13.3. The van der Waals surface area contributed by atoms with Crippen LogP contribution in [0.1, 0.15) is 62.6 Å². The van der Waals surface area contributed by atoms with Crippen LogP contribution in [0.2, 0.25) is 0 Å². The highest BCUT2D eigenvalue weighted by Crippen LogP contribution is 2.43. The van der Waals surface area contributed by atoms with E-state index in [-0.39, 0.29) is 11.6 Å². The molecule has 0 aliphatic heterocycles. The standard InChI is InChI=1S/C17H29N3/c1-13(2)14-7-9-15(10-8-14)16(19-18)17(20(3)4)11-5-6-12-17/h7-10,13,16,19H,5-6,11-12,18H2,1-4H3. The molecule has 1 aromatic rings. The van der Waals surface area contributed by atoms with Crippen LogP contribution in [0.4, 0.5) is 0 Å². The van der Waals surface area contributed by atoms with E-state index in [0.717, 1.165) is 0 Å². The van der Waals surface area contributed by atoms with Gasteiger partial charge in [0, 0.05) is 5.54 Å². The van der Waals surface area contributed by atoms with E-state index in [4.69, 9.17) is 5.84 Å². The third-order valence-electron chi connectivity index (χ3n) is 5.00. The summed E-state index contributed by atoms with van der Waals surface area (Å²) in [5.41, 5.74) is 5.92. The van der Waals surface area contributed by atoms with E-state index in [1.807, 2.05) is 0 Å². The Kier molecular flexibility index (Phi) is 4.84. The van der Waals surface area contributed by atoms with Crippen LogP contribution in [-0.2, 0) is 0 Å². The molecule has 3 heteroatoms. The minimum absolute atomic E-state index is 0.147. The zero-order chi connectivity index (χ0) is 14.8. The van der Waals surface area contributed by atoms with Crippen molar-refractivity contribution in [3.63, 3.8) is 0 Å². The molecule has 0 aromatic heterocycles. The first-order valence-corrected chi connectivity index (χ1v) is 7.74. The van der Waals surface area contributed by atoms with Crippen LogP contribution in [0, 0.1) is 0 Å². The van der Waals surface area contributed by atoms with Crippen LogP contribution in [0.3, 0.4) is 0 Å². The molecule has 0 heterocycles. The number of rotatable bonds is 5. The Morgan fingerprint density at radius 3 is 1.95 bits per heavy atom. The lowest BCUT2D eigenvalue weighted by molar-refractivity contribution is 0.105. The van der Waals surface area contributed by atoms with Crippen LogP contribution < -0.4 is 11.3 Å². The number of likely N-dealkylation sites (N-methyl/N-ethyl adjacent to an activating group) is 1. The van der Waals surface area contributed by atoms with Crippen molar-refractivity contribution < 1.29 is 0 Å². The van der Waals surface area contributed by atoms with Gasteiger partial charge in [0.1, 0.15) is 0 Å². The molecular formula is C17H29N3. The summed E-state index contributed by atoms with van der Waals surface area (Å²) in [6, 6.07) is 9.15. The summed E-state index contributed by atoms with van der Waals surface area (Å²) < 4.78 is 0. The van der Waals surface area contributed by atoms with Crippen LogP contribution in [0.5, 0.6) is 0 Å². The summed E-state index contributed by atoms with van der Waals surface area (Å²) in [6.45, 7) is 4.46. The van der Waals surface area contributed by atoms with E-state index in [1.54, 1.807) is 0 Å². The molecule has 3 nitrogen and oxygen atoms in total. The number of nitrogens with one attached hydrogen (secondary N) is 1. The zero-order valence-corrected chi connectivity index (χ0v) is 13.3. The molecule has 3 N–H and O–H groups in total. The van der Waals surface area contributed by atoms with Gasteiger partial charge in [0.2, 0.25) is 0 Å². The summed E-state index contributed by atoms with van der Waals surface area (Å²) in [6.07, 6.45) is 5.00. The number of hydrogen-bond acceptors (Lipinski definition) is 3. The molecule has 0 spiro atoms. The van der Waals surface area contributed by atoms with Gasteiger partial charge in [-0.05, 0) is 44.0 Å². The largest absolute Gasteiger partial charge is 0.302 e. The van der Waals surface area contributed by atoms with Crippen LogP contribution in [-0.4, -0.2) is 24.5 Å². The second-order valence-electron chi connectivity index (χ2n) is 6.63. The molecule has 1 fully saturated rings. The first-order chi connectivity index (χ1) is 9.51. The SMILES string of the molecule is CC(C)c1ccc(C(NN)C2(N(C)C)CCCC2)cc1. The predicted molar refractivity (Wildman–Crippen MR) is 85.5 cm³/mol. The van der Waals surface area contributed by atoms with Gasteiger partial charge in [0.15, 0.2) is 0 Å². The Morgan fingerprint density at radius 1 is 1.05 bits per heavy atom. The topological polar surface area (TPSA) is 41.3 Å². The molecule has 1 unspecified atom stereocenters. The van der Waals surface area contributed by atoms with Crippen molar-refractivity contribution in [2.75, 3.05) is 14.1 Å². The first kappa shape index (κ1) is 15.5. The smallest absolute Gasteiger partial charge is 0.0643 e. The van der Waals surface area contributed by atoms with Gasteiger partial charge in [-0.2, -0.15) is 0 Å². The maximum atomic E-state index is 5.93. The molecule has 2 rings (SSSR count). The average Bonchev–Trinajstić information content (AvgIpc) is 2.91. The highest BCUT2D eigenvalue weighted by molar-refractivity contribution is 5.29. The number of hydrazine groups is 1. The van der Waals surface area contributed by atoms with Gasteiger partial charge in [0.25, 0.3) is 0 Å². The van der Waals surface area contributed by atoms with E-state index in [0.29, 0.717) is 5.92 Å². The Balaban J connectivity index is 2.31. The molecule has 0 bridgehead atoms. The highest BCUT2D eigenvalue weighted by Gasteiger charge is 2.43. The van der Waals surface area contributed by atoms with Gasteiger partial charge in [0.05, 0.1) is 6.04 Å². The molecule has 1 aromatic carbocycles. The van der Waals surface area contributed by atoms with Crippen molar-refractivity contribution >= 4 is 0 Å². The molecule has 0 radical (unpaired) electrons. The van der Waals surface area contributed by atoms with Crippen LogP contribution in [0.15, 0.2) is 24.3 Å². The fourth-order valence-corrected chi connectivity index (χ4v) is 3.62. The fraction of sp³-hybridized carbons (Fsp3) is 0.647. The summed E-state index contributed by atoms with van der Waals surface area (Å²) in [4.78, 5) is 2.36. The van der Waals surface area contributed by atoms with Crippen LogP contribution >= 0.6 is 0 Å². The van der Waals surface area contributed by atoms with Crippen LogP contribution in [0.25, 0.3) is 0 Å². The van der Waals surface area contributed by atoms with E-state index in [9.17, 15) is 0 Å². The van der Waals surface area contributed by atoms with Gasteiger partial charge in [-0.25, -0.2) is 0 Å². The third-order valence-corrected chi connectivity index (χ3v) is 5.00. The monoisotopic (exact) mass is 275 g/mol. The molecule has 0 saturated heterocycles. The number of benzene rings is 1. The Bertz CT molecular complexity index is 416. The number of hydrogen-bond donors (Lipinski definition) is 2. The minimum Gasteiger partial charge on any atom is -0.302 e. The van der Waals surface area contributed by atoms with Crippen molar-refractivity contribution in [2.24, 2.45) is 5.84 Å². The van der Waals surface area contributed by atoms with Crippen molar-refractivity contribution in [3.05, 3.63) is 35.4 Å². The highest BCUT2D eigenvalue weighted by atomic mass is 15.3. The first-order valence-electron chi connectivity index (χ1n) is 7.74. The second kappa shape index (κ2) is 6.25.